The molecule has 2 aromatic rings. The average Bonchev–Trinajstić information content (AvgIpc) is 2.59. The highest BCUT2D eigenvalue weighted by molar-refractivity contribution is 7.88. The second kappa shape index (κ2) is 8.59. The van der Waals surface area contributed by atoms with Crippen LogP contribution in [0.1, 0.15) is 17.5 Å². The normalized spacial score (nSPS) is 11.2. The SMILES string of the molecule is COc1ccc(CCCNS(=O)(=O)Cc2cccc([N+](=O)[O-])c2)cc1. The maximum atomic E-state index is 12.1. The predicted octanol–water partition coefficient (Wildman–Crippen LogP) is 2.66. The maximum absolute atomic E-state index is 12.1. The monoisotopic (exact) mass is 364 g/mol. The van der Waals surface area contributed by atoms with Crippen molar-refractivity contribution >= 4 is 15.7 Å². The molecule has 0 amide bonds. The number of methoxy groups -OCH3 is 1. The van der Waals surface area contributed by atoms with E-state index in [1.54, 1.807) is 13.2 Å². The number of hydrogen-bond donors (Lipinski definition) is 1. The van der Waals surface area contributed by atoms with Gasteiger partial charge in [0.15, 0.2) is 0 Å². The molecule has 0 saturated carbocycles. The first-order chi connectivity index (χ1) is 11.9. The lowest BCUT2D eigenvalue weighted by atomic mass is 10.1. The molecule has 0 aliphatic rings. The molecule has 25 heavy (non-hydrogen) atoms. The van der Waals surface area contributed by atoms with Crippen LogP contribution in [0.25, 0.3) is 0 Å². The zero-order chi connectivity index (χ0) is 18.3. The van der Waals surface area contributed by atoms with Crippen molar-refractivity contribution in [3.8, 4) is 5.75 Å². The van der Waals surface area contributed by atoms with E-state index in [1.807, 2.05) is 24.3 Å². The highest BCUT2D eigenvalue weighted by atomic mass is 32.2. The average molecular weight is 364 g/mol. The fourth-order valence-corrected chi connectivity index (χ4v) is 3.52. The molecule has 8 heteroatoms. The summed E-state index contributed by atoms with van der Waals surface area (Å²) < 4.78 is 31.8. The van der Waals surface area contributed by atoms with Crippen molar-refractivity contribution < 1.29 is 18.1 Å². The van der Waals surface area contributed by atoms with E-state index in [4.69, 9.17) is 4.74 Å². The molecular weight excluding hydrogens is 344 g/mol. The Morgan fingerprint density at radius 1 is 1.12 bits per heavy atom. The van der Waals surface area contributed by atoms with Gasteiger partial charge in [-0.05, 0) is 36.1 Å². The van der Waals surface area contributed by atoms with Crippen LogP contribution in [-0.4, -0.2) is 27.0 Å². The van der Waals surface area contributed by atoms with Crippen LogP contribution in [0.4, 0.5) is 5.69 Å². The Morgan fingerprint density at radius 3 is 2.48 bits per heavy atom. The molecule has 0 unspecified atom stereocenters. The number of nitrogens with one attached hydrogen (secondary N) is 1. The van der Waals surface area contributed by atoms with Crippen LogP contribution in [0.2, 0.25) is 0 Å². The third-order valence-electron chi connectivity index (χ3n) is 3.60. The Bertz CT molecular complexity index is 819. The topological polar surface area (TPSA) is 98.5 Å². The first-order valence-corrected chi connectivity index (χ1v) is 9.38. The number of hydrogen-bond acceptors (Lipinski definition) is 5. The van der Waals surface area contributed by atoms with Gasteiger partial charge in [0, 0.05) is 18.7 Å². The first-order valence-electron chi connectivity index (χ1n) is 7.73. The molecule has 0 spiro atoms. The number of rotatable bonds is 9. The molecule has 0 radical (unpaired) electrons. The van der Waals surface area contributed by atoms with E-state index >= 15 is 0 Å². The van der Waals surface area contributed by atoms with E-state index in [0.717, 1.165) is 17.7 Å². The Labute approximate surface area is 146 Å². The third-order valence-corrected chi connectivity index (χ3v) is 4.96. The molecule has 1 N–H and O–H groups in total. The lowest BCUT2D eigenvalue weighted by Crippen LogP contribution is -2.26. The second-order valence-corrected chi connectivity index (χ2v) is 7.34. The molecule has 0 heterocycles. The van der Waals surface area contributed by atoms with Gasteiger partial charge >= 0.3 is 0 Å². The fraction of sp³-hybridized carbons (Fsp3) is 0.294. The minimum Gasteiger partial charge on any atom is -0.497 e. The minimum absolute atomic E-state index is 0.118. The van der Waals surface area contributed by atoms with Crippen molar-refractivity contribution in [2.45, 2.75) is 18.6 Å². The largest absolute Gasteiger partial charge is 0.497 e. The number of non-ortho nitro benzene ring substituents is 1. The molecular formula is C17H20N2O5S. The number of ether oxygens (including phenoxy) is 1. The Hall–Kier alpha value is -2.45. The van der Waals surface area contributed by atoms with Gasteiger partial charge in [-0.2, -0.15) is 0 Å². The number of nitro benzene ring substituents is 1. The molecule has 0 atom stereocenters. The smallest absolute Gasteiger partial charge is 0.269 e. The minimum atomic E-state index is -3.53. The summed E-state index contributed by atoms with van der Waals surface area (Å²) in [5.74, 6) is 0.499. The van der Waals surface area contributed by atoms with Gasteiger partial charge < -0.3 is 4.74 Å². The lowest BCUT2D eigenvalue weighted by molar-refractivity contribution is -0.384. The summed E-state index contributed by atoms with van der Waals surface area (Å²) in [6.45, 7) is 0.309. The summed E-state index contributed by atoms with van der Waals surface area (Å²) in [5, 5.41) is 10.7. The van der Waals surface area contributed by atoms with Gasteiger partial charge in [-0.3, -0.25) is 10.1 Å². The number of nitro groups is 1. The van der Waals surface area contributed by atoms with Crippen LogP contribution >= 0.6 is 0 Å². The van der Waals surface area contributed by atoms with E-state index in [2.05, 4.69) is 4.72 Å². The lowest BCUT2D eigenvalue weighted by Gasteiger charge is -2.07. The molecule has 0 aromatic heterocycles. The predicted molar refractivity (Wildman–Crippen MR) is 95.0 cm³/mol. The number of sulfonamides is 1. The maximum Gasteiger partial charge on any atom is 0.269 e. The van der Waals surface area contributed by atoms with Crippen molar-refractivity contribution in [1.29, 1.82) is 0 Å². The Morgan fingerprint density at radius 2 is 1.84 bits per heavy atom. The van der Waals surface area contributed by atoms with Crippen LogP contribution in [0.5, 0.6) is 5.75 Å². The van der Waals surface area contributed by atoms with E-state index in [0.29, 0.717) is 18.5 Å². The molecule has 2 aromatic carbocycles. The van der Waals surface area contributed by atoms with E-state index in [1.165, 1.54) is 18.2 Å². The van der Waals surface area contributed by atoms with Crippen molar-refractivity contribution in [1.82, 2.24) is 4.72 Å². The number of nitrogens with zero attached hydrogens (tertiary/aromatic N) is 1. The molecule has 0 bridgehead atoms. The van der Waals surface area contributed by atoms with Gasteiger partial charge in [0.05, 0.1) is 17.8 Å². The van der Waals surface area contributed by atoms with Gasteiger partial charge in [-0.1, -0.05) is 24.3 Å². The fourth-order valence-electron chi connectivity index (χ4n) is 2.34. The van der Waals surface area contributed by atoms with Crippen molar-refractivity contribution in [3.05, 3.63) is 69.8 Å². The number of benzene rings is 2. The van der Waals surface area contributed by atoms with Crippen molar-refractivity contribution in [2.75, 3.05) is 13.7 Å². The zero-order valence-corrected chi connectivity index (χ0v) is 14.7. The third kappa shape index (κ3) is 6.17. The van der Waals surface area contributed by atoms with Gasteiger partial charge in [0.25, 0.3) is 5.69 Å². The molecule has 0 saturated heterocycles. The van der Waals surface area contributed by atoms with Crippen LogP contribution in [0.15, 0.2) is 48.5 Å². The van der Waals surface area contributed by atoms with Gasteiger partial charge in [0.2, 0.25) is 10.0 Å². The van der Waals surface area contributed by atoms with E-state index in [9.17, 15) is 18.5 Å². The van der Waals surface area contributed by atoms with E-state index in [-0.39, 0.29) is 11.4 Å². The van der Waals surface area contributed by atoms with Crippen LogP contribution in [0, 0.1) is 10.1 Å². The molecule has 2 rings (SSSR count). The molecule has 0 aliphatic heterocycles. The molecule has 134 valence electrons. The Kier molecular flexibility index (Phi) is 6.49. The summed E-state index contributed by atoms with van der Waals surface area (Å²) in [4.78, 5) is 10.2. The summed E-state index contributed by atoms with van der Waals surface area (Å²) in [6, 6.07) is 13.3. The molecule has 0 fully saturated rings. The van der Waals surface area contributed by atoms with Crippen LogP contribution in [-0.2, 0) is 22.2 Å². The summed E-state index contributed by atoms with van der Waals surface area (Å²) in [7, 11) is -1.93. The standard InChI is InChI=1S/C17H20N2O5S/c1-24-17-9-7-14(8-10-17)5-3-11-18-25(22,23)13-15-4-2-6-16(12-15)19(20)21/h2,4,6-10,12,18H,3,5,11,13H2,1H3. The summed E-state index contributed by atoms with van der Waals surface area (Å²) in [5.41, 5.74) is 1.36. The Balaban J connectivity index is 1.82. The highest BCUT2D eigenvalue weighted by Gasteiger charge is 2.13. The van der Waals surface area contributed by atoms with Crippen molar-refractivity contribution in [3.63, 3.8) is 0 Å². The summed E-state index contributed by atoms with van der Waals surface area (Å²) >= 11 is 0. The highest BCUT2D eigenvalue weighted by Crippen LogP contribution is 2.15. The molecule has 0 aliphatic carbocycles. The van der Waals surface area contributed by atoms with Crippen LogP contribution < -0.4 is 9.46 Å². The van der Waals surface area contributed by atoms with Crippen molar-refractivity contribution in [2.24, 2.45) is 0 Å². The molecule has 7 nitrogen and oxygen atoms in total. The van der Waals surface area contributed by atoms with E-state index < -0.39 is 14.9 Å². The second-order valence-electron chi connectivity index (χ2n) is 5.53. The first kappa shape index (κ1) is 18.9. The van der Waals surface area contributed by atoms with Gasteiger partial charge in [-0.15, -0.1) is 0 Å². The quantitative estimate of drug-likeness (QED) is 0.419. The van der Waals surface area contributed by atoms with Gasteiger partial charge in [-0.25, -0.2) is 13.1 Å². The zero-order valence-electron chi connectivity index (χ0n) is 13.8. The summed E-state index contributed by atoms with van der Waals surface area (Å²) in [6.07, 6.45) is 1.39. The van der Waals surface area contributed by atoms with Crippen LogP contribution in [0.3, 0.4) is 0 Å². The van der Waals surface area contributed by atoms with Gasteiger partial charge in [0.1, 0.15) is 5.75 Å². The number of aryl methyl sites for hydroxylation is 1.